The molecule has 3 aromatic rings. The van der Waals surface area contributed by atoms with Crippen LogP contribution in [-0.4, -0.2) is 45.4 Å². The molecule has 0 saturated carbocycles. The first-order chi connectivity index (χ1) is 10.5. The Morgan fingerprint density at radius 1 is 1.41 bits per heavy atom. The summed E-state index contributed by atoms with van der Waals surface area (Å²) in [4.78, 5) is 14.9. The fourth-order valence-corrected chi connectivity index (χ4v) is 2.98. The minimum absolute atomic E-state index is 0.121. The molecule has 2 heterocycles. The highest BCUT2D eigenvalue weighted by atomic mass is 79.9. The summed E-state index contributed by atoms with van der Waals surface area (Å²) < 4.78 is 2.67. The average molecular weight is 365 g/mol. The van der Waals surface area contributed by atoms with Crippen molar-refractivity contribution < 1.29 is 5.11 Å². The van der Waals surface area contributed by atoms with Gasteiger partial charge in [0.05, 0.1) is 23.2 Å². The summed E-state index contributed by atoms with van der Waals surface area (Å²) >= 11 is 3.46. The number of rotatable bonds is 4. The molecule has 0 bridgehead atoms. The van der Waals surface area contributed by atoms with Gasteiger partial charge in [-0.3, -0.25) is 9.89 Å². The van der Waals surface area contributed by atoms with Gasteiger partial charge >= 0.3 is 0 Å². The van der Waals surface area contributed by atoms with Gasteiger partial charge in [0.1, 0.15) is 5.52 Å². The molecule has 0 amide bonds. The van der Waals surface area contributed by atoms with E-state index in [0.29, 0.717) is 23.1 Å². The normalized spacial score (nSPS) is 11.9. The fourth-order valence-electron chi connectivity index (χ4n) is 2.62. The monoisotopic (exact) mass is 364 g/mol. The van der Waals surface area contributed by atoms with Crippen LogP contribution >= 0.6 is 15.9 Å². The van der Waals surface area contributed by atoms with Crippen LogP contribution < -0.4 is 5.56 Å². The second-order valence-corrected chi connectivity index (χ2v) is 6.42. The highest BCUT2D eigenvalue weighted by molar-refractivity contribution is 9.10. The van der Waals surface area contributed by atoms with E-state index in [4.69, 9.17) is 0 Å². The van der Waals surface area contributed by atoms with Crippen molar-refractivity contribution in [3.63, 3.8) is 0 Å². The molecular formula is C15H17BrN4O2. The van der Waals surface area contributed by atoms with E-state index < -0.39 is 0 Å². The standard InChI is InChI=1S/C15H17BrN4O2/c1-19(2)5-6-20-12-4-3-9(16)7-10(12)14-13(15(20)22)11(8-21)17-18-14/h3-4,7,21H,5-6,8H2,1-2H3,(H,17,18). The number of nitrogens with zero attached hydrogens (tertiary/aromatic N) is 3. The molecule has 0 saturated heterocycles. The van der Waals surface area contributed by atoms with E-state index in [1.165, 1.54) is 0 Å². The van der Waals surface area contributed by atoms with Crippen LogP contribution in [0.5, 0.6) is 0 Å². The van der Waals surface area contributed by atoms with Crippen molar-refractivity contribution in [1.82, 2.24) is 19.7 Å². The molecule has 0 aliphatic heterocycles. The highest BCUT2D eigenvalue weighted by Gasteiger charge is 2.16. The van der Waals surface area contributed by atoms with Crippen LogP contribution in [0.4, 0.5) is 0 Å². The van der Waals surface area contributed by atoms with Crippen molar-refractivity contribution in [2.45, 2.75) is 13.2 Å². The highest BCUT2D eigenvalue weighted by Crippen LogP contribution is 2.26. The number of H-pyrrole nitrogens is 1. The number of hydrogen-bond acceptors (Lipinski definition) is 4. The minimum atomic E-state index is -0.237. The maximum Gasteiger partial charge on any atom is 0.262 e. The van der Waals surface area contributed by atoms with Gasteiger partial charge in [-0.25, -0.2) is 0 Å². The summed E-state index contributed by atoms with van der Waals surface area (Å²) in [7, 11) is 3.94. The third kappa shape index (κ3) is 2.45. The predicted molar refractivity (Wildman–Crippen MR) is 90.0 cm³/mol. The van der Waals surface area contributed by atoms with Gasteiger partial charge in [0.2, 0.25) is 0 Å². The largest absolute Gasteiger partial charge is 0.390 e. The Morgan fingerprint density at radius 2 is 2.18 bits per heavy atom. The topological polar surface area (TPSA) is 74.2 Å². The van der Waals surface area contributed by atoms with Crippen molar-refractivity contribution in [3.05, 3.63) is 38.7 Å². The number of fused-ring (bicyclic) bond motifs is 3. The molecule has 0 spiro atoms. The lowest BCUT2D eigenvalue weighted by Crippen LogP contribution is -2.27. The summed E-state index contributed by atoms with van der Waals surface area (Å²) in [5.74, 6) is 0. The Morgan fingerprint density at radius 3 is 2.86 bits per heavy atom. The Bertz CT molecular complexity index is 898. The van der Waals surface area contributed by atoms with Crippen molar-refractivity contribution in [3.8, 4) is 0 Å². The van der Waals surface area contributed by atoms with Crippen LogP contribution in [0.25, 0.3) is 21.8 Å². The number of hydrogen-bond donors (Lipinski definition) is 2. The lowest BCUT2D eigenvalue weighted by atomic mass is 10.1. The second-order valence-electron chi connectivity index (χ2n) is 5.51. The molecule has 116 valence electrons. The molecule has 0 unspecified atom stereocenters. The predicted octanol–water partition coefficient (Wildman–Crippen LogP) is 1.69. The Hall–Kier alpha value is -1.70. The lowest BCUT2D eigenvalue weighted by Gasteiger charge is -2.14. The van der Waals surface area contributed by atoms with E-state index in [-0.39, 0.29) is 12.2 Å². The number of aromatic nitrogens is 3. The third-order valence-electron chi connectivity index (χ3n) is 3.73. The molecule has 3 rings (SSSR count). The van der Waals surface area contributed by atoms with Crippen LogP contribution in [0.3, 0.4) is 0 Å². The van der Waals surface area contributed by atoms with E-state index in [2.05, 4.69) is 26.1 Å². The zero-order valence-corrected chi connectivity index (χ0v) is 14.0. The molecule has 6 nitrogen and oxygen atoms in total. The summed E-state index contributed by atoms with van der Waals surface area (Å²) in [5.41, 5.74) is 1.79. The molecule has 0 radical (unpaired) electrons. The average Bonchev–Trinajstić information content (AvgIpc) is 2.91. The van der Waals surface area contributed by atoms with E-state index in [1.807, 2.05) is 37.2 Å². The first kappa shape index (κ1) is 15.2. The van der Waals surface area contributed by atoms with Crippen molar-refractivity contribution >= 4 is 37.7 Å². The van der Waals surface area contributed by atoms with Crippen molar-refractivity contribution in [1.29, 1.82) is 0 Å². The molecule has 0 atom stereocenters. The Kier molecular flexibility index (Phi) is 4.03. The fraction of sp³-hybridized carbons (Fsp3) is 0.333. The van der Waals surface area contributed by atoms with Crippen molar-refractivity contribution in [2.24, 2.45) is 0 Å². The number of pyridine rings is 1. The summed E-state index contributed by atoms with van der Waals surface area (Å²) in [6.45, 7) is 1.10. The molecule has 0 aliphatic carbocycles. The SMILES string of the molecule is CN(C)CCn1c(=O)c2c(CO)[nH]nc2c2cc(Br)ccc21. The van der Waals surface area contributed by atoms with Crippen molar-refractivity contribution in [2.75, 3.05) is 20.6 Å². The maximum absolute atomic E-state index is 12.8. The molecule has 1 aromatic carbocycles. The van der Waals surface area contributed by atoms with Gasteiger partial charge in [-0.2, -0.15) is 5.10 Å². The van der Waals surface area contributed by atoms with E-state index in [1.54, 1.807) is 4.57 Å². The number of nitrogens with one attached hydrogen (secondary N) is 1. The number of aliphatic hydroxyl groups excluding tert-OH is 1. The minimum Gasteiger partial charge on any atom is -0.390 e. The van der Waals surface area contributed by atoms with Gasteiger partial charge in [-0.1, -0.05) is 15.9 Å². The molecular weight excluding hydrogens is 348 g/mol. The van der Waals surface area contributed by atoms with Gasteiger partial charge in [0.25, 0.3) is 5.56 Å². The Labute approximate surface area is 135 Å². The molecule has 0 aliphatic rings. The number of likely N-dealkylation sites (N-methyl/N-ethyl adjacent to an activating group) is 1. The second kappa shape index (κ2) is 5.83. The van der Waals surface area contributed by atoms with E-state index in [0.717, 1.165) is 21.9 Å². The number of halogens is 1. The van der Waals surface area contributed by atoms with Crippen LogP contribution in [0.15, 0.2) is 27.5 Å². The van der Waals surface area contributed by atoms with Gasteiger partial charge in [0.15, 0.2) is 0 Å². The van der Waals surface area contributed by atoms with Crippen LogP contribution in [0.1, 0.15) is 5.69 Å². The summed E-state index contributed by atoms with van der Waals surface area (Å²) in [6.07, 6.45) is 0. The summed E-state index contributed by atoms with van der Waals surface area (Å²) in [5, 5.41) is 17.8. The zero-order chi connectivity index (χ0) is 15.9. The molecule has 2 N–H and O–H groups in total. The molecule has 22 heavy (non-hydrogen) atoms. The van der Waals surface area contributed by atoms with Gasteiger partial charge in [0, 0.05) is 22.9 Å². The third-order valence-corrected chi connectivity index (χ3v) is 4.23. The molecule has 0 fully saturated rings. The zero-order valence-electron chi connectivity index (χ0n) is 12.4. The Balaban J connectivity index is 2.39. The van der Waals surface area contributed by atoms with E-state index >= 15 is 0 Å². The lowest BCUT2D eigenvalue weighted by molar-refractivity contribution is 0.278. The number of aliphatic hydroxyl groups is 1. The van der Waals surface area contributed by atoms with Crippen LogP contribution in [-0.2, 0) is 13.2 Å². The quantitative estimate of drug-likeness (QED) is 0.738. The van der Waals surface area contributed by atoms with Gasteiger partial charge in [-0.05, 0) is 32.3 Å². The van der Waals surface area contributed by atoms with Crippen LogP contribution in [0.2, 0.25) is 0 Å². The first-order valence-corrected chi connectivity index (χ1v) is 7.77. The van der Waals surface area contributed by atoms with Crippen LogP contribution in [0, 0.1) is 0 Å². The summed E-state index contributed by atoms with van der Waals surface area (Å²) in [6, 6.07) is 5.79. The van der Waals surface area contributed by atoms with Gasteiger partial charge in [-0.15, -0.1) is 0 Å². The number of benzene rings is 1. The van der Waals surface area contributed by atoms with E-state index in [9.17, 15) is 9.90 Å². The number of aromatic amines is 1. The smallest absolute Gasteiger partial charge is 0.262 e. The first-order valence-electron chi connectivity index (χ1n) is 6.97. The molecule has 2 aromatic heterocycles. The maximum atomic E-state index is 12.8. The van der Waals surface area contributed by atoms with Gasteiger partial charge < -0.3 is 14.6 Å². The molecule has 7 heteroatoms.